The molecule has 5 heteroatoms. The lowest BCUT2D eigenvalue weighted by Gasteiger charge is -2.60. The molecule has 2 unspecified atom stereocenters. The zero-order valence-corrected chi connectivity index (χ0v) is 11.3. The van der Waals surface area contributed by atoms with E-state index in [9.17, 15) is 14.7 Å². The summed E-state index contributed by atoms with van der Waals surface area (Å²) in [5.74, 6) is 0.204. The monoisotopic (exact) mass is 267 g/mol. The number of ether oxygens (including phenoxy) is 1. The van der Waals surface area contributed by atoms with Gasteiger partial charge in [0.1, 0.15) is 0 Å². The molecule has 4 rings (SSSR count). The van der Waals surface area contributed by atoms with Gasteiger partial charge in [-0.1, -0.05) is 0 Å². The molecule has 0 radical (unpaired) electrons. The van der Waals surface area contributed by atoms with Crippen molar-refractivity contribution in [2.75, 3.05) is 6.61 Å². The number of nitrogens with one attached hydrogen (secondary N) is 1. The van der Waals surface area contributed by atoms with Crippen molar-refractivity contribution in [3.63, 3.8) is 0 Å². The number of carboxylic acid groups (broad SMARTS) is 1. The highest BCUT2D eigenvalue weighted by atomic mass is 16.5. The van der Waals surface area contributed by atoms with Crippen LogP contribution in [0.5, 0.6) is 0 Å². The van der Waals surface area contributed by atoms with E-state index >= 15 is 0 Å². The molecule has 0 saturated heterocycles. The van der Waals surface area contributed by atoms with Gasteiger partial charge < -0.3 is 15.2 Å². The fourth-order valence-corrected chi connectivity index (χ4v) is 5.04. The van der Waals surface area contributed by atoms with Gasteiger partial charge in [-0.3, -0.25) is 4.79 Å². The van der Waals surface area contributed by atoms with Crippen LogP contribution in [0.15, 0.2) is 0 Å². The molecule has 4 saturated carbocycles. The Morgan fingerprint density at radius 1 is 1.26 bits per heavy atom. The highest BCUT2D eigenvalue weighted by Gasteiger charge is 2.61. The van der Waals surface area contributed by atoms with E-state index in [2.05, 4.69) is 5.32 Å². The molecule has 4 aliphatic carbocycles. The minimum atomic E-state index is -0.684. The van der Waals surface area contributed by atoms with E-state index in [0.29, 0.717) is 24.9 Å². The first-order chi connectivity index (χ1) is 8.97. The van der Waals surface area contributed by atoms with Crippen LogP contribution in [0.4, 0.5) is 4.79 Å². The molecule has 0 aliphatic heterocycles. The van der Waals surface area contributed by atoms with E-state index in [-0.39, 0.29) is 5.54 Å². The Balaban J connectivity index is 1.83. The van der Waals surface area contributed by atoms with Gasteiger partial charge in [0.05, 0.1) is 12.0 Å². The van der Waals surface area contributed by atoms with Gasteiger partial charge in [0.15, 0.2) is 0 Å². The van der Waals surface area contributed by atoms with E-state index in [0.717, 1.165) is 32.1 Å². The van der Waals surface area contributed by atoms with E-state index < -0.39 is 17.5 Å². The molecule has 19 heavy (non-hydrogen) atoms. The molecular formula is C14H21NO4. The number of rotatable bonds is 3. The topological polar surface area (TPSA) is 75.6 Å². The highest BCUT2D eigenvalue weighted by Crippen LogP contribution is 2.61. The SMILES string of the molecule is CCOC(=O)NC12CC3CC(C1)CC(C(=O)O)(C3)C2. The molecule has 4 aliphatic rings. The summed E-state index contributed by atoms with van der Waals surface area (Å²) < 4.78 is 4.98. The van der Waals surface area contributed by atoms with Gasteiger partial charge in [-0.15, -0.1) is 0 Å². The smallest absolute Gasteiger partial charge is 0.407 e. The summed E-state index contributed by atoms with van der Waals surface area (Å²) in [6.07, 6.45) is 4.69. The largest absolute Gasteiger partial charge is 0.481 e. The number of carbonyl (C=O) groups excluding carboxylic acids is 1. The summed E-state index contributed by atoms with van der Waals surface area (Å²) in [7, 11) is 0. The summed E-state index contributed by atoms with van der Waals surface area (Å²) in [6, 6.07) is 0. The van der Waals surface area contributed by atoms with Crippen LogP contribution in [0.25, 0.3) is 0 Å². The number of carboxylic acids is 1. The molecule has 5 nitrogen and oxygen atoms in total. The number of aliphatic carboxylic acids is 1. The molecular weight excluding hydrogens is 246 g/mol. The van der Waals surface area contributed by atoms with Gasteiger partial charge in [0, 0.05) is 5.54 Å². The second-order valence-electron chi connectivity index (χ2n) is 6.67. The first-order valence-electron chi connectivity index (χ1n) is 7.15. The van der Waals surface area contributed by atoms with Crippen LogP contribution >= 0.6 is 0 Å². The zero-order valence-electron chi connectivity index (χ0n) is 11.3. The van der Waals surface area contributed by atoms with Crippen LogP contribution < -0.4 is 5.32 Å². The van der Waals surface area contributed by atoms with E-state index in [1.54, 1.807) is 6.92 Å². The lowest BCUT2D eigenvalue weighted by atomic mass is 9.47. The maximum Gasteiger partial charge on any atom is 0.407 e. The fourth-order valence-electron chi connectivity index (χ4n) is 5.04. The molecule has 0 aromatic heterocycles. The van der Waals surface area contributed by atoms with Crippen LogP contribution in [0.1, 0.15) is 45.4 Å². The van der Waals surface area contributed by atoms with E-state index in [4.69, 9.17) is 4.74 Å². The van der Waals surface area contributed by atoms with Gasteiger partial charge in [0.2, 0.25) is 0 Å². The lowest BCUT2D eigenvalue weighted by Crippen LogP contribution is -2.64. The zero-order chi connectivity index (χ0) is 13.7. The van der Waals surface area contributed by atoms with Gasteiger partial charge in [0.25, 0.3) is 0 Å². The molecule has 2 N–H and O–H groups in total. The molecule has 0 heterocycles. The third kappa shape index (κ3) is 1.99. The first kappa shape index (κ1) is 12.8. The van der Waals surface area contributed by atoms with Crippen LogP contribution in [-0.2, 0) is 9.53 Å². The second kappa shape index (κ2) is 4.12. The van der Waals surface area contributed by atoms with Crippen molar-refractivity contribution in [2.45, 2.75) is 51.0 Å². The Morgan fingerprint density at radius 3 is 2.42 bits per heavy atom. The number of alkyl carbamates (subject to hydrolysis) is 1. The fraction of sp³-hybridized carbons (Fsp3) is 0.857. The van der Waals surface area contributed by atoms with Crippen molar-refractivity contribution >= 4 is 12.1 Å². The van der Waals surface area contributed by atoms with Gasteiger partial charge in [-0.2, -0.15) is 0 Å². The first-order valence-corrected chi connectivity index (χ1v) is 7.15. The average Bonchev–Trinajstić information content (AvgIpc) is 2.25. The molecule has 0 aromatic rings. The molecule has 106 valence electrons. The summed E-state index contributed by atoms with van der Waals surface area (Å²) in [4.78, 5) is 23.4. The van der Waals surface area contributed by atoms with Gasteiger partial charge in [-0.25, -0.2) is 4.79 Å². The van der Waals surface area contributed by atoms with Gasteiger partial charge >= 0.3 is 12.1 Å². The van der Waals surface area contributed by atoms with Crippen LogP contribution in [0.2, 0.25) is 0 Å². The normalized spacial score (nSPS) is 43.0. The maximum atomic E-state index is 11.7. The standard InChI is InChI=1S/C14H21NO4/c1-2-19-12(18)15-14-6-9-3-10(7-14)5-13(4-9,8-14)11(16)17/h9-10H,2-8H2,1H3,(H,15,18)(H,16,17). The highest BCUT2D eigenvalue weighted by molar-refractivity contribution is 5.76. The van der Waals surface area contributed by atoms with E-state index in [1.807, 2.05) is 0 Å². The summed E-state index contributed by atoms with van der Waals surface area (Å²) in [5.41, 5.74) is -0.946. The Bertz CT molecular complexity index is 406. The number of hydrogen-bond donors (Lipinski definition) is 2. The van der Waals surface area contributed by atoms with Crippen LogP contribution in [-0.4, -0.2) is 29.3 Å². The van der Waals surface area contributed by atoms with E-state index in [1.165, 1.54) is 0 Å². The van der Waals surface area contributed by atoms with Crippen molar-refractivity contribution in [1.82, 2.24) is 5.32 Å². The molecule has 0 spiro atoms. The second-order valence-corrected chi connectivity index (χ2v) is 6.67. The number of hydrogen-bond acceptors (Lipinski definition) is 3. The van der Waals surface area contributed by atoms with Crippen molar-refractivity contribution in [1.29, 1.82) is 0 Å². The van der Waals surface area contributed by atoms with Crippen LogP contribution in [0.3, 0.4) is 0 Å². The summed E-state index contributed by atoms with van der Waals surface area (Å²) in [6.45, 7) is 2.12. The Labute approximate surface area is 112 Å². The summed E-state index contributed by atoms with van der Waals surface area (Å²) >= 11 is 0. The molecule has 2 atom stereocenters. The minimum Gasteiger partial charge on any atom is -0.481 e. The molecule has 4 fully saturated rings. The van der Waals surface area contributed by atoms with Crippen molar-refractivity contribution < 1.29 is 19.4 Å². The predicted molar refractivity (Wildman–Crippen MR) is 67.6 cm³/mol. The molecule has 4 bridgehead atoms. The quantitative estimate of drug-likeness (QED) is 0.821. The van der Waals surface area contributed by atoms with Crippen molar-refractivity contribution in [3.8, 4) is 0 Å². The van der Waals surface area contributed by atoms with Crippen molar-refractivity contribution in [3.05, 3.63) is 0 Å². The number of amides is 1. The predicted octanol–water partition coefficient (Wildman–Crippen LogP) is 2.16. The van der Waals surface area contributed by atoms with Gasteiger partial charge in [-0.05, 0) is 57.3 Å². The molecule has 1 amide bonds. The number of carbonyl (C=O) groups is 2. The Hall–Kier alpha value is -1.26. The Morgan fingerprint density at radius 2 is 1.89 bits per heavy atom. The minimum absolute atomic E-state index is 0.339. The third-order valence-corrected chi connectivity index (χ3v) is 5.16. The molecule has 0 aromatic carbocycles. The maximum absolute atomic E-state index is 11.7. The lowest BCUT2D eigenvalue weighted by molar-refractivity contribution is -0.168. The third-order valence-electron chi connectivity index (χ3n) is 5.16. The van der Waals surface area contributed by atoms with Crippen molar-refractivity contribution in [2.24, 2.45) is 17.3 Å². The average molecular weight is 267 g/mol. The Kier molecular flexibility index (Phi) is 2.76. The summed E-state index contributed by atoms with van der Waals surface area (Å²) in [5, 5.41) is 12.6. The van der Waals surface area contributed by atoms with Crippen LogP contribution in [0, 0.1) is 17.3 Å².